The molecule has 0 radical (unpaired) electrons. The first-order valence-corrected chi connectivity index (χ1v) is 8.20. The maximum atomic E-state index is 12.9. The predicted molar refractivity (Wildman–Crippen MR) is 70.3 cm³/mol. The van der Waals surface area contributed by atoms with Crippen molar-refractivity contribution in [3.05, 3.63) is 0 Å². The molecule has 0 unspecified atom stereocenters. The zero-order chi connectivity index (χ0) is 12.9. The van der Waals surface area contributed by atoms with E-state index in [1.165, 1.54) is 0 Å². The lowest BCUT2D eigenvalue weighted by Gasteiger charge is -2.40. The highest BCUT2D eigenvalue weighted by Gasteiger charge is 2.48. The van der Waals surface area contributed by atoms with Gasteiger partial charge < -0.3 is 14.4 Å². The van der Waals surface area contributed by atoms with Crippen LogP contribution in [-0.4, -0.2) is 24.5 Å². The molecule has 3 atom stereocenters. The molecule has 0 aliphatic carbocycles. The van der Waals surface area contributed by atoms with Crippen LogP contribution in [0.15, 0.2) is 0 Å². The first kappa shape index (κ1) is 15.2. The van der Waals surface area contributed by atoms with Gasteiger partial charge in [0, 0.05) is 0 Å². The largest absolute Gasteiger partial charge is 0.350 e. The number of rotatable bonds is 6. The Balaban J connectivity index is 2.83. The zero-order valence-corrected chi connectivity index (χ0v) is 12.4. The van der Waals surface area contributed by atoms with E-state index in [2.05, 4.69) is 19.2 Å². The molecule has 1 heterocycles. The minimum absolute atomic E-state index is 0.0224. The van der Waals surface area contributed by atoms with Gasteiger partial charge in [-0.3, -0.25) is 4.57 Å². The maximum absolute atomic E-state index is 12.9. The van der Waals surface area contributed by atoms with Crippen molar-refractivity contribution >= 4 is 7.60 Å². The molecule has 1 N–H and O–H groups in total. The van der Waals surface area contributed by atoms with Gasteiger partial charge in [-0.05, 0) is 39.7 Å². The van der Waals surface area contributed by atoms with E-state index in [1.807, 2.05) is 13.8 Å². The van der Waals surface area contributed by atoms with Crippen LogP contribution in [0.1, 0.15) is 53.4 Å². The third kappa shape index (κ3) is 3.54. The zero-order valence-electron chi connectivity index (χ0n) is 11.5. The van der Waals surface area contributed by atoms with E-state index in [9.17, 15) is 4.57 Å². The quantitative estimate of drug-likeness (QED) is 0.745. The minimum Gasteiger partial charge on any atom is -0.307 e. The molecule has 1 aliphatic rings. The smallest absolute Gasteiger partial charge is 0.307 e. The van der Waals surface area contributed by atoms with Crippen LogP contribution in [0, 0.1) is 0 Å². The Kier molecular flexibility index (Phi) is 5.65. The second kappa shape index (κ2) is 6.33. The molecule has 4 nitrogen and oxygen atoms in total. The van der Waals surface area contributed by atoms with Gasteiger partial charge in [0.2, 0.25) is 0 Å². The van der Waals surface area contributed by atoms with E-state index >= 15 is 0 Å². The monoisotopic (exact) mass is 263 g/mol. The summed E-state index contributed by atoms with van der Waals surface area (Å²) in [6, 6.07) is 0. The van der Waals surface area contributed by atoms with E-state index in [1.54, 1.807) is 0 Å². The summed E-state index contributed by atoms with van der Waals surface area (Å²) in [5.74, 6) is 0. The minimum atomic E-state index is -3.05. The van der Waals surface area contributed by atoms with Gasteiger partial charge in [0.15, 0.2) is 0 Å². The van der Waals surface area contributed by atoms with Gasteiger partial charge in [-0.25, -0.2) is 0 Å². The maximum Gasteiger partial charge on any atom is 0.350 e. The molecule has 1 aliphatic heterocycles. The summed E-state index contributed by atoms with van der Waals surface area (Å²) in [5, 5.41) is 2.82. The molecule has 1 fully saturated rings. The van der Waals surface area contributed by atoms with Crippen molar-refractivity contribution in [3.8, 4) is 0 Å². The molecule has 102 valence electrons. The van der Waals surface area contributed by atoms with Crippen LogP contribution in [0.2, 0.25) is 0 Å². The summed E-state index contributed by atoms with van der Waals surface area (Å²) in [7, 11) is -3.05. The second-order valence-electron chi connectivity index (χ2n) is 4.99. The van der Waals surface area contributed by atoms with Crippen LogP contribution in [0.5, 0.6) is 0 Å². The number of hydrogen-bond acceptors (Lipinski definition) is 4. The highest BCUT2D eigenvalue weighted by Crippen LogP contribution is 2.63. The highest BCUT2D eigenvalue weighted by molar-refractivity contribution is 7.55. The average Bonchev–Trinajstić information content (AvgIpc) is 2.26. The fraction of sp³-hybridized carbons (Fsp3) is 1.00. The highest BCUT2D eigenvalue weighted by atomic mass is 31.2. The predicted octanol–water partition coefficient (Wildman–Crippen LogP) is 3.52. The summed E-state index contributed by atoms with van der Waals surface area (Å²) in [4.78, 5) is 0. The molecule has 0 amide bonds. The Morgan fingerprint density at radius 3 is 2.65 bits per heavy atom. The fourth-order valence-electron chi connectivity index (χ4n) is 2.12. The summed E-state index contributed by atoms with van der Waals surface area (Å²) in [5.41, 5.74) is 0. The van der Waals surface area contributed by atoms with E-state index in [0.29, 0.717) is 6.61 Å². The normalized spacial score (nSPS) is 33.3. The Morgan fingerprint density at radius 2 is 2.12 bits per heavy atom. The number of nitrogens with one attached hydrogen (secondary N) is 1. The molecule has 5 heteroatoms. The lowest BCUT2D eigenvalue weighted by atomic mass is 10.2. The summed E-state index contributed by atoms with van der Waals surface area (Å²) < 4.78 is 24.0. The van der Waals surface area contributed by atoms with Gasteiger partial charge in [0.1, 0.15) is 5.28 Å². The van der Waals surface area contributed by atoms with Gasteiger partial charge in [-0.2, -0.15) is 0 Å². The van der Waals surface area contributed by atoms with Crippen molar-refractivity contribution in [3.63, 3.8) is 0 Å². The topological polar surface area (TPSA) is 47.6 Å². The van der Waals surface area contributed by atoms with E-state index < -0.39 is 12.9 Å². The van der Waals surface area contributed by atoms with Gasteiger partial charge >= 0.3 is 7.60 Å². The molecular weight excluding hydrogens is 237 g/mol. The molecule has 0 spiro atoms. The summed E-state index contributed by atoms with van der Waals surface area (Å²) >= 11 is 0. The van der Waals surface area contributed by atoms with Crippen molar-refractivity contribution in [2.24, 2.45) is 0 Å². The average molecular weight is 263 g/mol. The van der Waals surface area contributed by atoms with Crippen LogP contribution >= 0.6 is 7.60 Å². The number of hydrogen-bond donors (Lipinski definition) is 1. The second-order valence-corrected chi connectivity index (χ2v) is 7.44. The Hall–Kier alpha value is 0.110. The van der Waals surface area contributed by atoms with E-state index in [4.69, 9.17) is 9.05 Å². The first-order valence-electron chi connectivity index (χ1n) is 6.65. The Morgan fingerprint density at radius 1 is 1.41 bits per heavy atom. The molecular formula is C12H26NO3P. The third-order valence-corrected chi connectivity index (χ3v) is 5.95. The van der Waals surface area contributed by atoms with E-state index in [-0.39, 0.29) is 6.10 Å². The molecule has 17 heavy (non-hydrogen) atoms. The van der Waals surface area contributed by atoms with Crippen LogP contribution in [0.3, 0.4) is 0 Å². The van der Waals surface area contributed by atoms with Gasteiger partial charge in [-0.15, -0.1) is 0 Å². The van der Waals surface area contributed by atoms with Crippen LogP contribution in [0.25, 0.3) is 0 Å². The van der Waals surface area contributed by atoms with E-state index in [0.717, 1.165) is 32.2 Å². The molecule has 0 aromatic rings. The Bertz CT molecular complexity index is 285. The molecule has 1 saturated heterocycles. The standard InChI is InChI=1S/C12H26NO3P/c1-5-8-12(4,13-9-6-2)17(14)15-10-7-11(3)16-17/h11,13H,5-10H2,1-4H3/t11-,12+,17+/m0/s1. The summed E-state index contributed by atoms with van der Waals surface area (Å²) in [6.07, 6.45) is 3.61. The van der Waals surface area contributed by atoms with Gasteiger partial charge in [0.05, 0.1) is 12.7 Å². The van der Waals surface area contributed by atoms with Crippen LogP contribution in [-0.2, 0) is 13.6 Å². The van der Waals surface area contributed by atoms with Crippen LogP contribution in [0.4, 0.5) is 0 Å². The van der Waals surface area contributed by atoms with Crippen molar-refractivity contribution in [1.29, 1.82) is 0 Å². The van der Waals surface area contributed by atoms with Gasteiger partial charge in [0.25, 0.3) is 0 Å². The van der Waals surface area contributed by atoms with Crippen molar-refractivity contribution in [2.75, 3.05) is 13.2 Å². The van der Waals surface area contributed by atoms with Crippen molar-refractivity contribution in [1.82, 2.24) is 5.32 Å². The third-order valence-electron chi connectivity index (χ3n) is 3.20. The molecule has 0 aromatic heterocycles. The van der Waals surface area contributed by atoms with Crippen LogP contribution < -0.4 is 5.32 Å². The first-order chi connectivity index (χ1) is 7.97. The fourth-order valence-corrected chi connectivity index (χ4v) is 4.43. The molecule has 0 aromatic carbocycles. The summed E-state index contributed by atoms with van der Waals surface area (Å²) in [6.45, 7) is 9.48. The van der Waals surface area contributed by atoms with Crippen molar-refractivity contribution < 1.29 is 13.6 Å². The Labute approximate surface area is 105 Å². The molecule has 1 rings (SSSR count). The molecule has 0 saturated carbocycles. The SMILES string of the molecule is CCCN[C@@](C)(CCC)[P@@]1(=O)OCC[C@H](C)O1. The molecule has 0 bridgehead atoms. The van der Waals surface area contributed by atoms with Crippen molar-refractivity contribution in [2.45, 2.75) is 64.8 Å². The lowest BCUT2D eigenvalue weighted by Crippen LogP contribution is -2.45. The van der Waals surface area contributed by atoms with Gasteiger partial charge in [-0.1, -0.05) is 20.3 Å². The lowest BCUT2D eigenvalue weighted by molar-refractivity contribution is 0.0751.